The van der Waals surface area contributed by atoms with Crippen molar-refractivity contribution in [2.75, 3.05) is 7.11 Å². The molecule has 7 nitrogen and oxygen atoms in total. The van der Waals surface area contributed by atoms with E-state index in [2.05, 4.69) is 39.0 Å². The number of carbonyl (C=O) groups is 1. The molecule has 0 aliphatic heterocycles. The number of hydrogen-bond acceptors (Lipinski definition) is 5. The third-order valence-corrected chi connectivity index (χ3v) is 8.91. The third kappa shape index (κ3) is 3.91. The lowest BCUT2D eigenvalue weighted by atomic mass is 9.87. The van der Waals surface area contributed by atoms with Gasteiger partial charge in [0.15, 0.2) is 6.04 Å². The fourth-order valence-electron chi connectivity index (χ4n) is 2.01. The third-order valence-electron chi connectivity index (χ3n) is 4.61. The Labute approximate surface area is 145 Å². The van der Waals surface area contributed by atoms with Gasteiger partial charge in [-0.3, -0.25) is 0 Å². The molecule has 1 heterocycles. The van der Waals surface area contributed by atoms with E-state index in [0.717, 1.165) is 0 Å². The highest BCUT2D eigenvalue weighted by Gasteiger charge is 2.42. The average Bonchev–Trinajstić information content (AvgIpc) is 2.64. The number of carbonyl (C=O) groups excluding carboxylic acids is 1. The Hall–Kier alpha value is -1.57. The zero-order valence-corrected chi connectivity index (χ0v) is 17.6. The molecule has 0 saturated heterocycles. The SMILES string of the molecule is COC(=O)C(n1nc(O[Si](C)(C)C(C)(C)C)n(C)c1=O)C(C)(C)C. The summed E-state index contributed by atoms with van der Waals surface area (Å²) >= 11 is 0. The number of aromatic nitrogens is 3. The summed E-state index contributed by atoms with van der Waals surface area (Å²) < 4.78 is 13.5. The monoisotopic (exact) mass is 357 g/mol. The van der Waals surface area contributed by atoms with Crippen molar-refractivity contribution in [3.05, 3.63) is 10.5 Å². The van der Waals surface area contributed by atoms with Gasteiger partial charge in [0.05, 0.1) is 7.11 Å². The van der Waals surface area contributed by atoms with Gasteiger partial charge in [0.1, 0.15) is 0 Å². The molecule has 0 bridgehead atoms. The summed E-state index contributed by atoms with van der Waals surface area (Å²) in [7, 11) is 0.756. The number of methoxy groups -OCH3 is 1. The zero-order chi connectivity index (χ0) is 19.1. The molecule has 0 aliphatic rings. The molecule has 1 unspecified atom stereocenters. The summed E-state index contributed by atoms with van der Waals surface area (Å²) in [5, 5.41) is 4.29. The first-order valence-corrected chi connectivity index (χ1v) is 11.0. The fraction of sp³-hybridized carbons (Fsp3) is 0.812. The van der Waals surface area contributed by atoms with E-state index in [1.54, 1.807) is 7.05 Å². The van der Waals surface area contributed by atoms with Gasteiger partial charge in [0.25, 0.3) is 8.32 Å². The minimum Gasteiger partial charge on any atom is -0.517 e. The molecule has 24 heavy (non-hydrogen) atoms. The first-order valence-electron chi connectivity index (χ1n) is 8.06. The van der Waals surface area contributed by atoms with E-state index in [9.17, 15) is 9.59 Å². The van der Waals surface area contributed by atoms with Crippen LogP contribution in [0.3, 0.4) is 0 Å². The van der Waals surface area contributed by atoms with Crippen LogP contribution >= 0.6 is 0 Å². The van der Waals surface area contributed by atoms with Gasteiger partial charge in [-0.25, -0.2) is 14.2 Å². The topological polar surface area (TPSA) is 75.4 Å². The Balaban J connectivity index is 3.41. The van der Waals surface area contributed by atoms with E-state index in [1.807, 2.05) is 20.8 Å². The Morgan fingerprint density at radius 1 is 1.17 bits per heavy atom. The number of nitrogens with zero attached hydrogens (tertiary/aromatic N) is 3. The normalized spacial score (nSPS) is 14.4. The highest BCUT2D eigenvalue weighted by Crippen LogP contribution is 2.37. The van der Waals surface area contributed by atoms with Crippen molar-refractivity contribution >= 4 is 14.3 Å². The summed E-state index contributed by atoms with van der Waals surface area (Å²) in [4.78, 5) is 24.8. The molecule has 8 heteroatoms. The first kappa shape index (κ1) is 20.5. The zero-order valence-electron chi connectivity index (χ0n) is 16.6. The quantitative estimate of drug-likeness (QED) is 0.612. The van der Waals surface area contributed by atoms with Crippen LogP contribution < -0.4 is 10.1 Å². The summed E-state index contributed by atoms with van der Waals surface area (Å²) in [6.07, 6.45) is 0. The summed E-state index contributed by atoms with van der Waals surface area (Å²) in [5.74, 6) is -0.499. The van der Waals surface area contributed by atoms with Crippen LogP contribution in [0.4, 0.5) is 0 Å². The summed E-state index contributed by atoms with van der Waals surface area (Å²) in [6.45, 7) is 16.1. The van der Waals surface area contributed by atoms with E-state index >= 15 is 0 Å². The van der Waals surface area contributed by atoms with Crippen molar-refractivity contribution in [2.24, 2.45) is 12.5 Å². The molecule has 0 amide bonds. The summed E-state index contributed by atoms with van der Waals surface area (Å²) in [6, 6.07) is -0.581. The van der Waals surface area contributed by atoms with E-state index in [1.165, 1.54) is 16.4 Å². The molecule has 0 aromatic carbocycles. The standard InChI is InChI=1S/C16H31N3O4Si/c1-15(2,3)11(12(20)22-8)19-14(21)18(7)13(17-19)23-24(9,10)16(4,5)6/h11H,1-10H3. The van der Waals surface area contributed by atoms with Crippen molar-refractivity contribution in [1.29, 1.82) is 0 Å². The van der Waals surface area contributed by atoms with Gasteiger partial charge in [-0.05, 0) is 23.5 Å². The van der Waals surface area contributed by atoms with E-state index in [0.29, 0.717) is 0 Å². The molecule has 0 aliphatic carbocycles. The van der Waals surface area contributed by atoms with Crippen LogP contribution in [0.5, 0.6) is 6.01 Å². The van der Waals surface area contributed by atoms with E-state index < -0.39 is 31.4 Å². The van der Waals surface area contributed by atoms with Crippen molar-refractivity contribution in [3.8, 4) is 6.01 Å². The van der Waals surface area contributed by atoms with E-state index in [-0.39, 0.29) is 11.0 Å². The lowest BCUT2D eigenvalue weighted by molar-refractivity contribution is -0.148. The molecule has 138 valence electrons. The predicted octanol–water partition coefficient (Wildman–Crippen LogP) is 2.73. The molecular weight excluding hydrogens is 326 g/mol. The molecule has 0 spiro atoms. The molecule has 0 N–H and O–H groups in total. The number of ether oxygens (including phenoxy) is 1. The smallest absolute Gasteiger partial charge is 0.349 e. The molecule has 1 aromatic rings. The second kappa shape index (κ2) is 6.38. The minimum atomic E-state index is -2.15. The second-order valence-electron chi connectivity index (χ2n) is 8.72. The maximum atomic E-state index is 12.6. The Bertz CT molecular complexity index is 662. The second-order valence-corrected chi connectivity index (χ2v) is 13.4. The van der Waals surface area contributed by atoms with Crippen LogP contribution in [0.1, 0.15) is 47.6 Å². The van der Waals surface area contributed by atoms with Gasteiger partial charge in [0.2, 0.25) is 0 Å². The lowest BCUT2D eigenvalue weighted by Crippen LogP contribution is -2.44. The predicted molar refractivity (Wildman–Crippen MR) is 95.8 cm³/mol. The molecule has 0 fully saturated rings. The van der Waals surface area contributed by atoms with Gasteiger partial charge in [-0.15, -0.1) is 5.10 Å². The minimum absolute atomic E-state index is 0.0292. The van der Waals surface area contributed by atoms with Gasteiger partial charge in [-0.1, -0.05) is 41.5 Å². The van der Waals surface area contributed by atoms with Gasteiger partial charge < -0.3 is 9.16 Å². The number of rotatable bonds is 4. The molecule has 1 aromatic heterocycles. The van der Waals surface area contributed by atoms with Crippen LogP contribution in [0.25, 0.3) is 0 Å². The van der Waals surface area contributed by atoms with Crippen LogP contribution in [-0.4, -0.2) is 35.7 Å². The molecule has 1 rings (SSSR count). The van der Waals surface area contributed by atoms with Crippen molar-refractivity contribution < 1.29 is 14.0 Å². The van der Waals surface area contributed by atoms with Gasteiger partial charge in [0, 0.05) is 7.05 Å². The van der Waals surface area contributed by atoms with Crippen LogP contribution in [0.15, 0.2) is 4.79 Å². The molecule has 0 radical (unpaired) electrons. The first-order chi connectivity index (χ1) is 10.6. The maximum Gasteiger partial charge on any atom is 0.349 e. The largest absolute Gasteiger partial charge is 0.517 e. The van der Waals surface area contributed by atoms with Gasteiger partial charge >= 0.3 is 17.7 Å². The number of esters is 1. The van der Waals surface area contributed by atoms with Crippen molar-refractivity contribution in [2.45, 2.75) is 65.7 Å². The van der Waals surface area contributed by atoms with Crippen LogP contribution in [-0.2, 0) is 16.6 Å². The lowest BCUT2D eigenvalue weighted by Gasteiger charge is -2.35. The van der Waals surface area contributed by atoms with Gasteiger partial charge in [-0.2, -0.15) is 4.68 Å². The Morgan fingerprint density at radius 2 is 1.67 bits per heavy atom. The number of hydrogen-bond donors (Lipinski definition) is 0. The fourth-order valence-corrected chi connectivity index (χ4v) is 2.95. The Morgan fingerprint density at radius 3 is 2.04 bits per heavy atom. The highest BCUT2D eigenvalue weighted by atomic mass is 28.4. The summed E-state index contributed by atoms with van der Waals surface area (Å²) in [5.41, 5.74) is -0.923. The average molecular weight is 358 g/mol. The maximum absolute atomic E-state index is 12.6. The highest BCUT2D eigenvalue weighted by molar-refractivity contribution is 6.74. The Kier molecular flexibility index (Phi) is 5.44. The van der Waals surface area contributed by atoms with Crippen molar-refractivity contribution in [1.82, 2.24) is 14.3 Å². The molecule has 1 atom stereocenters. The van der Waals surface area contributed by atoms with Crippen LogP contribution in [0.2, 0.25) is 18.1 Å². The van der Waals surface area contributed by atoms with Crippen LogP contribution in [0, 0.1) is 5.41 Å². The molecular formula is C16H31N3O4Si. The van der Waals surface area contributed by atoms with E-state index in [4.69, 9.17) is 9.16 Å². The molecule has 0 saturated carbocycles. The van der Waals surface area contributed by atoms with Crippen molar-refractivity contribution in [3.63, 3.8) is 0 Å².